The van der Waals surface area contributed by atoms with E-state index in [1.807, 2.05) is 6.07 Å². The van der Waals surface area contributed by atoms with Gasteiger partial charge < -0.3 is 10.6 Å². The molecule has 0 amide bonds. The molecule has 30 heavy (non-hydrogen) atoms. The number of hydrogen-bond acceptors (Lipinski definition) is 6. The SMILES string of the molecule is Cc1cc(C)c2ccc(Nc3nccc(Nc4ccc(S(=O)(=O)O)cc4)n3)cc2c1. The average molecular weight is 420 g/mol. The van der Waals surface area contributed by atoms with Gasteiger partial charge in [0.1, 0.15) is 5.82 Å². The number of anilines is 4. The normalized spacial score (nSPS) is 11.4. The Balaban J connectivity index is 1.54. The topological polar surface area (TPSA) is 104 Å². The van der Waals surface area contributed by atoms with Crippen LogP contribution in [0, 0.1) is 13.8 Å². The minimum atomic E-state index is -4.22. The Labute approximate surface area is 174 Å². The molecule has 0 radical (unpaired) electrons. The highest BCUT2D eigenvalue weighted by Gasteiger charge is 2.09. The van der Waals surface area contributed by atoms with Gasteiger partial charge in [0.2, 0.25) is 5.95 Å². The van der Waals surface area contributed by atoms with Crippen LogP contribution < -0.4 is 10.6 Å². The lowest BCUT2D eigenvalue weighted by atomic mass is 10.0. The summed E-state index contributed by atoms with van der Waals surface area (Å²) in [6, 6.07) is 17.9. The zero-order valence-electron chi connectivity index (χ0n) is 16.4. The molecule has 4 aromatic rings. The van der Waals surface area contributed by atoms with Gasteiger partial charge in [-0.05, 0) is 72.6 Å². The van der Waals surface area contributed by atoms with E-state index in [4.69, 9.17) is 4.55 Å². The van der Waals surface area contributed by atoms with Gasteiger partial charge in [0.05, 0.1) is 4.90 Å². The van der Waals surface area contributed by atoms with Crippen LogP contribution in [0.4, 0.5) is 23.1 Å². The van der Waals surface area contributed by atoms with E-state index in [1.54, 1.807) is 24.4 Å². The van der Waals surface area contributed by atoms with Crippen LogP contribution in [0.5, 0.6) is 0 Å². The first-order valence-electron chi connectivity index (χ1n) is 9.24. The van der Waals surface area contributed by atoms with E-state index in [2.05, 4.69) is 58.7 Å². The minimum Gasteiger partial charge on any atom is -0.340 e. The summed E-state index contributed by atoms with van der Waals surface area (Å²) in [7, 11) is -4.22. The van der Waals surface area contributed by atoms with E-state index in [0.29, 0.717) is 17.5 Å². The second kappa shape index (κ2) is 7.74. The number of nitrogens with one attached hydrogen (secondary N) is 2. The lowest BCUT2D eigenvalue weighted by molar-refractivity contribution is 0.483. The number of aryl methyl sites for hydroxylation is 2. The Kier molecular flexibility index (Phi) is 5.11. The van der Waals surface area contributed by atoms with Crippen molar-refractivity contribution in [2.75, 3.05) is 10.6 Å². The Hall–Kier alpha value is -3.49. The highest BCUT2D eigenvalue weighted by Crippen LogP contribution is 2.25. The van der Waals surface area contributed by atoms with Crippen molar-refractivity contribution in [2.45, 2.75) is 18.7 Å². The molecule has 3 aromatic carbocycles. The molecule has 3 N–H and O–H groups in total. The van der Waals surface area contributed by atoms with Crippen LogP contribution >= 0.6 is 0 Å². The Bertz CT molecular complexity index is 1340. The molecular weight excluding hydrogens is 400 g/mol. The third-order valence-corrected chi connectivity index (χ3v) is 5.51. The predicted octanol–water partition coefficient (Wildman–Crippen LogP) is 4.98. The fourth-order valence-electron chi connectivity index (χ4n) is 3.30. The summed E-state index contributed by atoms with van der Waals surface area (Å²) in [5.41, 5.74) is 3.95. The summed E-state index contributed by atoms with van der Waals surface area (Å²) < 4.78 is 31.4. The van der Waals surface area contributed by atoms with E-state index < -0.39 is 10.1 Å². The summed E-state index contributed by atoms with van der Waals surface area (Å²) in [5, 5.41) is 8.65. The molecule has 0 spiro atoms. The maximum absolute atomic E-state index is 11.1. The third kappa shape index (κ3) is 4.40. The summed E-state index contributed by atoms with van der Waals surface area (Å²) >= 11 is 0. The molecule has 8 heteroatoms. The maximum Gasteiger partial charge on any atom is 0.294 e. The quantitative estimate of drug-likeness (QED) is 0.391. The lowest BCUT2D eigenvalue weighted by Gasteiger charge is -2.10. The lowest BCUT2D eigenvalue weighted by Crippen LogP contribution is -2.01. The van der Waals surface area contributed by atoms with E-state index in [1.165, 1.54) is 28.6 Å². The molecule has 4 rings (SSSR count). The van der Waals surface area contributed by atoms with Crippen molar-refractivity contribution in [1.29, 1.82) is 0 Å². The molecule has 0 aliphatic heterocycles. The summed E-state index contributed by atoms with van der Waals surface area (Å²) in [4.78, 5) is 8.55. The Morgan fingerprint density at radius 3 is 2.33 bits per heavy atom. The van der Waals surface area contributed by atoms with Crippen molar-refractivity contribution in [3.63, 3.8) is 0 Å². The van der Waals surface area contributed by atoms with Crippen LogP contribution in [-0.2, 0) is 10.1 Å². The van der Waals surface area contributed by atoms with Gasteiger partial charge >= 0.3 is 0 Å². The molecule has 0 fully saturated rings. The van der Waals surface area contributed by atoms with E-state index in [9.17, 15) is 8.42 Å². The van der Waals surface area contributed by atoms with Crippen LogP contribution in [0.2, 0.25) is 0 Å². The van der Waals surface area contributed by atoms with Gasteiger partial charge in [0, 0.05) is 17.6 Å². The van der Waals surface area contributed by atoms with Crippen LogP contribution in [0.25, 0.3) is 10.8 Å². The van der Waals surface area contributed by atoms with Crippen molar-refractivity contribution >= 4 is 44.0 Å². The molecule has 0 saturated heterocycles. The number of rotatable bonds is 5. The van der Waals surface area contributed by atoms with Crippen molar-refractivity contribution in [3.8, 4) is 0 Å². The smallest absolute Gasteiger partial charge is 0.294 e. The van der Waals surface area contributed by atoms with Gasteiger partial charge in [0.15, 0.2) is 0 Å². The van der Waals surface area contributed by atoms with Crippen molar-refractivity contribution in [2.24, 2.45) is 0 Å². The van der Waals surface area contributed by atoms with Gasteiger partial charge in [-0.25, -0.2) is 4.98 Å². The first-order valence-corrected chi connectivity index (χ1v) is 10.7. The summed E-state index contributed by atoms with van der Waals surface area (Å²) in [6.45, 7) is 4.18. The fraction of sp³-hybridized carbons (Fsp3) is 0.0909. The van der Waals surface area contributed by atoms with Crippen LogP contribution in [0.15, 0.2) is 71.8 Å². The van der Waals surface area contributed by atoms with Crippen LogP contribution in [0.3, 0.4) is 0 Å². The van der Waals surface area contributed by atoms with Gasteiger partial charge in [-0.2, -0.15) is 13.4 Å². The number of nitrogens with zero attached hydrogens (tertiary/aromatic N) is 2. The molecule has 0 unspecified atom stereocenters. The van der Waals surface area contributed by atoms with Crippen molar-refractivity contribution in [1.82, 2.24) is 9.97 Å². The molecule has 0 aliphatic rings. The second-order valence-electron chi connectivity index (χ2n) is 7.03. The van der Waals surface area contributed by atoms with Crippen LogP contribution in [0.1, 0.15) is 11.1 Å². The van der Waals surface area contributed by atoms with Gasteiger partial charge in [-0.15, -0.1) is 0 Å². The van der Waals surface area contributed by atoms with Gasteiger partial charge in [0.25, 0.3) is 10.1 Å². The standard InChI is InChI=1S/C22H20N4O3S/c1-14-11-15(2)20-8-5-18(13-16(20)12-14)25-22-23-10-9-21(26-22)24-17-3-6-19(7-4-17)30(27,28)29/h3-13H,1-2H3,(H,27,28,29)(H2,23,24,25,26). The molecule has 0 bridgehead atoms. The third-order valence-electron chi connectivity index (χ3n) is 4.64. The highest BCUT2D eigenvalue weighted by molar-refractivity contribution is 7.85. The van der Waals surface area contributed by atoms with Crippen molar-refractivity contribution < 1.29 is 13.0 Å². The second-order valence-corrected chi connectivity index (χ2v) is 8.45. The summed E-state index contributed by atoms with van der Waals surface area (Å²) in [6.07, 6.45) is 1.62. The fourth-order valence-corrected chi connectivity index (χ4v) is 3.78. The molecule has 152 valence electrons. The highest BCUT2D eigenvalue weighted by atomic mass is 32.2. The monoisotopic (exact) mass is 420 g/mol. The van der Waals surface area contributed by atoms with Crippen molar-refractivity contribution in [3.05, 3.63) is 78.0 Å². The summed E-state index contributed by atoms with van der Waals surface area (Å²) in [5.74, 6) is 0.970. The number of hydrogen-bond donors (Lipinski definition) is 3. The first-order chi connectivity index (χ1) is 14.3. The zero-order chi connectivity index (χ0) is 21.3. The zero-order valence-corrected chi connectivity index (χ0v) is 17.2. The molecule has 1 heterocycles. The molecule has 0 saturated carbocycles. The Morgan fingerprint density at radius 1 is 0.867 bits per heavy atom. The van der Waals surface area contributed by atoms with Gasteiger partial charge in [-0.1, -0.05) is 23.8 Å². The minimum absolute atomic E-state index is 0.167. The molecule has 0 aliphatic carbocycles. The van der Waals surface area contributed by atoms with Crippen LogP contribution in [-0.4, -0.2) is 22.9 Å². The van der Waals surface area contributed by atoms with E-state index in [-0.39, 0.29) is 4.90 Å². The number of fused-ring (bicyclic) bond motifs is 1. The molecule has 0 atom stereocenters. The molecule has 7 nitrogen and oxygen atoms in total. The number of benzene rings is 3. The first kappa shape index (κ1) is 19.8. The van der Waals surface area contributed by atoms with Gasteiger partial charge in [-0.3, -0.25) is 4.55 Å². The predicted molar refractivity (Wildman–Crippen MR) is 118 cm³/mol. The molecular formula is C22H20N4O3S. The molecule has 1 aromatic heterocycles. The average Bonchev–Trinajstić information content (AvgIpc) is 2.67. The maximum atomic E-state index is 11.1. The largest absolute Gasteiger partial charge is 0.340 e. The number of aromatic nitrogens is 2. The van der Waals surface area contributed by atoms with E-state index in [0.717, 1.165) is 11.1 Å². The van der Waals surface area contributed by atoms with E-state index >= 15 is 0 Å². The Morgan fingerprint density at radius 2 is 1.60 bits per heavy atom.